The zero-order valence-electron chi connectivity index (χ0n) is 17.0. The number of nitrogen functional groups attached to an aromatic ring is 1. The molecule has 3 rings (SSSR count). The van der Waals surface area contributed by atoms with Crippen molar-refractivity contribution in [2.24, 2.45) is 5.92 Å². The highest BCUT2D eigenvalue weighted by atomic mass is 32.5. The highest BCUT2D eigenvalue weighted by molar-refractivity contribution is 8.08. The second-order valence-corrected chi connectivity index (χ2v) is 12.9. The molecule has 0 amide bonds. The topological polar surface area (TPSA) is 242 Å². The molecule has 0 aromatic carbocycles. The Hall–Kier alpha value is -1.39. The maximum atomic E-state index is 15.8. The molecule has 1 aliphatic rings. The van der Waals surface area contributed by atoms with E-state index in [-0.39, 0.29) is 17.1 Å². The number of nitrogens with two attached hydrogens (primary N) is 1. The largest absolute Gasteiger partial charge is 0.488 e. The van der Waals surface area contributed by atoms with Gasteiger partial charge in [0.1, 0.15) is 0 Å². The van der Waals surface area contributed by atoms with E-state index in [2.05, 4.69) is 42.0 Å². The number of nitrogens with zero attached hydrogens (tertiary/aromatic N) is 3. The molecule has 34 heavy (non-hydrogen) atoms. The third kappa shape index (κ3) is 5.87. The lowest BCUT2D eigenvalue weighted by molar-refractivity contribution is -0.0547. The summed E-state index contributed by atoms with van der Waals surface area (Å²) >= 11 is 4.55. The van der Waals surface area contributed by atoms with Crippen molar-refractivity contribution < 1.29 is 51.0 Å². The predicted molar refractivity (Wildman–Crippen MR) is 116 cm³/mol. The van der Waals surface area contributed by atoms with Gasteiger partial charge in [0.15, 0.2) is 23.1 Å². The van der Waals surface area contributed by atoms with Crippen LogP contribution in [0.25, 0.3) is 11.2 Å². The summed E-state index contributed by atoms with van der Waals surface area (Å²) in [6.45, 7) is -0.644. The fourth-order valence-electron chi connectivity index (χ4n) is 3.36. The van der Waals surface area contributed by atoms with Crippen molar-refractivity contribution in [2.75, 3.05) is 12.3 Å². The van der Waals surface area contributed by atoms with Crippen LogP contribution < -0.4 is 11.3 Å². The van der Waals surface area contributed by atoms with Gasteiger partial charge in [0.25, 0.3) is 5.56 Å². The van der Waals surface area contributed by atoms with Gasteiger partial charge in [0, 0.05) is 5.92 Å². The molecule has 6 atom stereocenters. The molecule has 3 heterocycles. The van der Waals surface area contributed by atoms with E-state index < -0.39 is 58.4 Å². The summed E-state index contributed by atoms with van der Waals surface area (Å²) in [6, 6.07) is 0. The molecule has 2 aromatic heterocycles. The minimum Gasteiger partial charge on any atom is -0.369 e. The summed E-state index contributed by atoms with van der Waals surface area (Å²) in [4.78, 5) is 58.7. The molecule has 2 aromatic rings. The van der Waals surface area contributed by atoms with Crippen molar-refractivity contribution in [3.05, 3.63) is 29.3 Å². The maximum absolute atomic E-state index is 15.8. The average molecular weight is 565 g/mol. The van der Waals surface area contributed by atoms with Crippen molar-refractivity contribution in [3.63, 3.8) is 0 Å². The number of ether oxygens (including phenoxy) is 1. The van der Waals surface area contributed by atoms with E-state index in [9.17, 15) is 23.7 Å². The average Bonchev–Trinajstić information content (AvgIpc) is 3.14. The van der Waals surface area contributed by atoms with Gasteiger partial charge in [-0.25, -0.2) is 22.8 Å². The summed E-state index contributed by atoms with van der Waals surface area (Å²) in [5, 5.41) is 0. The quantitative estimate of drug-likeness (QED) is 0.180. The molecular weight excluding hydrogens is 546 g/mol. The van der Waals surface area contributed by atoms with E-state index in [0.717, 1.165) is 17.8 Å². The summed E-state index contributed by atoms with van der Waals surface area (Å²) < 4.78 is 57.6. The lowest BCUT2D eigenvalue weighted by Gasteiger charge is -2.26. The number of aromatic amines is 1. The zero-order chi connectivity index (χ0) is 25.7. The monoisotopic (exact) mass is 565 g/mol. The predicted octanol–water partition coefficient (Wildman–Crippen LogP) is 0.589. The van der Waals surface area contributed by atoms with Gasteiger partial charge >= 0.3 is 22.4 Å². The SMILES string of the molecule is C=C[C@@H]1[C@@H](COP(O)(=S)OP(=O)(O)OP(=O)(O)O)O[C@@H](n2cnc3c(=O)[nH]c(N)nc32)[C@]1(C)F. The van der Waals surface area contributed by atoms with Crippen molar-refractivity contribution in [2.45, 2.75) is 24.9 Å². The number of halogens is 1. The van der Waals surface area contributed by atoms with E-state index in [1.165, 1.54) is 6.08 Å². The van der Waals surface area contributed by atoms with Crippen LogP contribution in [-0.2, 0) is 38.8 Å². The van der Waals surface area contributed by atoms with Crippen LogP contribution in [0.2, 0.25) is 0 Å². The fourth-order valence-corrected chi connectivity index (χ4v) is 7.33. The number of H-pyrrole nitrogens is 1. The van der Waals surface area contributed by atoms with Gasteiger partial charge in [-0.1, -0.05) is 6.08 Å². The lowest BCUT2D eigenvalue weighted by Crippen LogP contribution is -2.34. The van der Waals surface area contributed by atoms with Crippen LogP contribution in [0.5, 0.6) is 0 Å². The van der Waals surface area contributed by atoms with Gasteiger partial charge in [-0.3, -0.25) is 14.3 Å². The first-order chi connectivity index (χ1) is 15.5. The molecule has 0 saturated carbocycles. The number of imidazole rings is 1. The maximum Gasteiger partial charge on any atom is 0.488 e. The Labute approximate surface area is 194 Å². The molecule has 7 N–H and O–H groups in total. The molecule has 0 aliphatic carbocycles. The molecule has 21 heteroatoms. The molecule has 1 aliphatic heterocycles. The lowest BCUT2D eigenvalue weighted by atomic mass is 9.88. The molecule has 0 radical (unpaired) electrons. The van der Waals surface area contributed by atoms with E-state index in [0.29, 0.717) is 0 Å². The Kier molecular flexibility index (Phi) is 7.39. The van der Waals surface area contributed by atoms with Gasteiger partial charge in [0.05, 0.1) is 19.0 Å². The van der Waals surface area contributed by atoms with E-state index in [1.807, 2.05) is 0 Å². The smallest absolute Gasteiger partial charge is 0.369 e. The van der Waals surface area contributed by atoms with Gasteiger partial charge < -0.3 is 34.6 Å². The van der Waals surface area contributed by atoms with E-state index >= 15 is 4.39 Å². The molecule has 190 valence electrons. The number of nitrogens with one attached hydrogen (secondary N) is 1. The number of hydrogen-bond donors (Lipinski definition) is 6. The number of hydrogen-bond acceptors (Lipinski definition) is 11. The Bertz CT molecular complexity index is 1310. The number of aromatic nitrogens is 4. The molecule has 1 saturated heterocycles. The normalized spacial score (nSPS) is 29.1. The zero-order valence-corrected chi connectivity index (χ0v) is 20.5. The summed E-state index contributed by atoms with van der Waals surface area (Å²) in [5.41, 5.74) is 2.47. The van der Waals surface area contributed by atoms with Crippen molar-refractivity contribution in [1.82, 2.24) is 19.5 Å². The van der Waals surface area contributed by atoms with Crippen molar-refractivity contribution in [1.29, 1.82) is 0 Å². The number of fused-ring (bicyclic) bond motifs is 1. The van der Waals surface area contributed by atoms with E-state index in [1.54, 1.807) is 0 Å². The van der Waals surface area contributed by atoms with Crippen LogP contribution >= 0.6 is 22.4 Å². The minimum absolute atomic E-state index is 0.0779. The second kappa shape index (κ2) is 9.24. The summed E-state index contributed by atoms with van der Waals surface area (Å²) in [6.07, 6.45) is -0.355. The molecule has 0 bridgehead atoms. The highest BCUT2D eigenvalue weighted by Gasteiger charge is 2.55. The molecular formula is C13H19FN5O11P3S. The first-order valence-corrected chi connectivity index (χ1v) is 14.5. The van der Waals surface area contributed by atoms with Crippen molar-refractivity contribution >= 4 is 51.3 Å². The molecule has 1 fully saturated rings. The third-order valence-corrected chi connectivity index (χ3v) is 9.33. The van der Waals surface area contributed by atoms with Gasteiger partial charge in [-0.2, -0.15) is 9.29 Å². The first kappa shape index (κ1) is 27.2. The van der Waals surface area contributed by atoms with Crippen molar-refractivity contribution in [3.8, 4) is 0 Å². The van der Waals surface area contributed by atoms with Crippen LogP contribution in [0.15, 0.2) is 23.8 Å². The van der Waals surface area contributed by atoms with Crippen LogP contribution in [-0.4, -0.2) is 57.5 Å². The summed E-state index contributed by atoms with van der Waals surface area (Å²) in [5.74, 6) is -1.36. The van der Waals surface area contributed by atoms with Crippen LogP contribution in [0.3, 0.4) is 0 Å². The molecule has 2 unspecified atom stereocenters. The Morgan fingerprint density at radius 2 is 2.06 bits per heavy atom. The fraction of sp³-hybridized carbons (Fsp3) is 0.462. The Morgan fingerprint density at radius 1 is 1.41 bits per heavy atom. The second-order valence-electron chi connectivity index (χ2n) is 7.10. The van der Waals surface area contributed by atoms with Crippen LogP contribution in [0.4, 0.5) is 10.3 Å². The number of anilines is 1. The molecule has 0 spiro atoms. The third-order valence-electron chi connectivity index (χ3n) is 4.61. The van der Waals surface area contributed by atoms with Gasteiger partial charge in [-0.15, -0.1) is 6.58 Å². The number of alkyl halides is 1. The van der Waals surface area contributed by atoms with Crippen LogP contribution in [0.1, 0.15) is 13.2 Å². The number of phosphoric acid groups is 2. The van der Waals surface area contributed by atoms with Gasteiger partial charge in [0.2, 0.25) is 5.95 Å². The summed E-state index contributed by atoms with van der Waals surface area (Å²) in [7, 11) is -11.0. The van der Waals surface area contributed by atoms with Gasteiger partial charge in [-0.05, 0) is 18.7 Å². The Balaban J connectivity index is 1.83. The minimum atomic E-state index is -5.53. The Morgan fingerprint density at radius 3 is 2.65 bits per heavy atom. The van der Waals surface area contributed by atoms with Crippen LogP contribution in [0, 0.1) is 5.92 Å². The highest BCUT2D eigenvalue weighted by Crippen LogP contribution is 2.66. The van der Waals surface area contributed by atoms with E-state index in [4.69, 9.17) is 24.8 Å². The molecule has 16 nitrogen and oxygen atoms in total. The standard InChI is InChI=1S/C13H19FN5O11P3S/c1-3-6-7(4-27-33(26,34)30-32(24,25)29-31(21,22)23)28-11(13(6,2)14)19-5-16-8-9(19)17-12(15)18-10(8)20/h3,5-7,11H,1,4H2,2H3,(H,24,25)(H,26,34)(H2,21,22,23)(H3,15,17,18,20)/t6-,7-,11-,13-,33?/m1/s1. The first-order valence-electron chi connectivity index (χ1n) is 8.93. The number of rotatable bonds is 9.